The van der Waals surface area contributed by atoms with Crippen molar-refractivity contribution in [3.63, 3.8) is 0 Å². The quantitative estimate of drug-likeness (QED) is 0.149. The Kier molecular flexibility index (Phi) is 11.6. The van der Waals surface area contributed by atoms with Gasteiger partial charge in [0.05, 0.1) is 28.0 Å². The number of pyridine rings is 1. The molecule has 0 spiro atoms. The van der Waals surface area contributed by atoms with Crippen molar-refractivity contribution in [1.29, 1.82) is 0 Å². The number of aromatic hydroxyl groups is 1. The first-order chi connectivity index (χ1) is 36.3. The minimum atomic E-state index is -1.50. The number of hydrogen-bond acceptors (Lipinski definition) is 3. The molecule has 2 heterocycles. The third-order valence-electron chi connectivity index (χ3n) is 15.3. The van der Waals surface area contributed by atoms with E-state index in [4.69, 9.17) is 9.97 Å². The molecule has 11 rings (SSSR count). The zero-order valence-corrected chi connectivity index (χ0v) is 42.8. The maximum atomic E-state index is 11.9. The van der Waals surface area contributed by atoms with Crippen LogP contribution in [0.5, 0.6) is 5.75 Å². The Balaban J connectivity index is 1.02. The minimum Gasteiger partial charge on any atom is -0.507 e. The number of rotatable bonds is 10. The van der Waals surface area contributed by atoms with E-state index < -0.39 is 18.2 Å². The lowest BCUT2D eigenvalue weighted by Gasteiger charge is -2.29. The molecule has 4 nitrogen and oxygen atoms in total. The number of benzene rings is 7. The summed E-state index contributed by atoms with van der Waals surface area (Å²) in [6, 6.07) is 58.1. The third-order valence-corrected chi connectivity index (χ3v) is 15.3. The Hall–Kier alpha value is -7.04. The maximum Gasteiger partial charge on any atom is 0.149 e. The minimum absolute atomic E-state index is 0.0410. The molecule has 0 amide bonds. The van der Waals surface area contributed by atoms with Gasteiger partial charge in [-0.25, -0.2) is 4.98 Å². The number of aromatic nitrogens is 3. The highest BCUT2D eigenvalue weighted by atomic mass is 16.3. The lowest BCUT2D eigenvalue weighted by atomic mass is 9.76. The molecule has 72 heavy (non-hydrogen) atoms. The molecule has 9 aromatic rings. The Bertz CT molecular complexity index is 3580. The molecule has 2 aliphatic rings. The summed E-state index contributed by atoms with van der Waals surface area (Å²) in [6.07, 6.45) is 6.84. The normalized spacial score (nSPS) is 19.7. The lowest BCUT2D eigenvalue weighted by Crippen LogP contribution is -2.12. The van der Waals surface area contributed by atoms with Crippen molar-refractivity contribution in [3.05, 3.63) is 204 Å². The number of fused-ring (bicyclic) bond motifs is 1. The van der Waals surface area contributed by atoms with Crippen LogP contribution in [0.25, 0.3) is 72.7 Å². The molecular weight excluding hydrogens is 875 g/mol. The smallest absolute Gasteiger partial charge is 0.149 e. The van der Waals surface area contributed by atoms with Gasteiger partial charge in [-0.2, -0.15) is 0 Å². The Morgan fingerprint density at radius 3 is 1.90 bits per heavy atom. The van der Waals surface area contributed by atoms with Crippen LogP contribution in [0.2, 0.25) is 0 Å². The second-order valence-corrected chi connectivity index (χ2v) is 22.3. The fourth-order valence-electron chi connectivity index (χ4n) is 11.0. The third kappa shape index (κ3) is 9.69. The van der Waals surface area contributed by atoms with Crippen LogP contribution in [0.4, 0.5) is 0 Å². The Morgan fingerprint density at radius 1 is 0.542 bits per heavy atom. The lowest BCUT2D eigenvalue weighted by molar-refractivity contribution is 0.396. The number of phenolic OH excluding ortho intramolecular Hbond substituents is 1. The highest BCUT2D eigenvalue weighted by Gasteiger charge is 2.27. The first kappa shape index (κ1) is 42.6. The van der Waals surface area contributed by atoms with Crippen LogP contribution in [0.15, 0.2) is 176 Å². The molecule has 1 N–H and O–H groups in total. The molecule has 0 saturated heterocycles. The van der Waals surface area contributed by atoms with Crippen molar-refractivity contribution in [2.75, 3.05) is 0 Å². The van der Waals surface area contributed by atoms with Gasteiger partial charge in [-0.05, 0) is 165 Å². The average molecular weight is 948 g/mol. The fourth-order valence-corrected chi connectivity index (χ4v) is 11.0. The van der Waals surface area contributed by atoms with E-state index in [1.165, 1.54) is 0 Å². The van der Waals surface area contributed by atoms with E-state index in [1.807, 2.05) is 54.7 Å². The van der Waals surface area contributed by atoms with Crippen LogP contribution >= 0.6 is 0 Å². The van der Waals surface area contributed by atoms with Crippen LogP contribution < -0.4 is 0 Å². The van der Waals surface area contributed by atoms with Crippen molar-refractivity contribution >= 4 is 11.0 Å². The average Bonchev–Trinajstić information content (AvgIpc) is 4.15. The zero-order chi connectivity index (χ0) is 53.2. The van der Waals surface area contributed by atoms with Crippen molar-refractivity contribution in [2.24, 2.45) is 5.92 Å². The van der Waals surface area contributed by atoms with Gasteiger partial charge >= 0.3 is 0 Å². The maximum absolute atomic E-state index is 11.9. The molecule has 0 aliphatic heterocycles. The summed E-state index contributed by atoms with van der Waals surface area (Å²) in [5.74, 6) is -0.703. The first-order valence-corrected chi connectivity index (χ1v) is 26.1. The topological polar surface area (TPSA) is 50.9 Å². The van der Waals surface area contributed by atoms with Gasteiger partial charge in [-0.3, -0.25) is 9.55 Å². The number of imidazole rings is 1. The molecule has 0 radical (unpaired) electrons. The van der Waals surface area contributed by atoms with Gasteiger partial charge in [-0.1, -0.05) is 182 Å². The van der Waals surface area contributed by atoms with Crippen LogP contribution in [0.3, 0.4) is 0 Å². The van der Waals surface area contributed by atoms with Gasteiger partial charge in [0.2, 0.25) is 0 Å². The second-order valence-electron chi connectivity index (χ2n) is 22.3. The predicted octanol–water partition coefficient (Wildman–Crippen LogP) is 18.2. The Labute approximate surface area is 433 Å². The monoisotopic (exact) mass is 948 g/mol. The molecular formula is C68H69N3O. The molecule has 2 aromatic heterocycles. The van der Waals surface area contributed by atoms with Crippen LogP contribution in [-0.2, 0) is 17.2 Å². The van der Waals surface area contributed by atoms with E-state index in [0.717, 1.165) is 109 Å². The molecule has 362 valence electrons. The van der Waals surface area contributed by atoms with Gasteiger partial charge < -0.3 is 5.11 Å². The van der Waals surface area contributed by atoms with Crippen molar-refractivity contribution in [2.45, 2.75) is 122 Å². The Morgan fingerprint density at radius 2 is 1.21 bits per heavy atom. The standard InChI is InChI=1S/C68H69N3O/c1-67(2,3)56-33-35-64(72)60(44-56)66-70-65-58(22-15-23-63(65)71(66)62-34-24-46(38-45-16-13-14-17-45)39-59(62)52-20-11-8-12-21-52)54-40-55(42-57(41-54)68(4,5)6)61-43-53(36-37-69-61)51-31-29-50(30-32-51)49-27-25-48(26-28-49)47-18-9-7-10-19-47/h7-12,15,18-24,29-37,39-45,48-49,72H,13-14,16-17,25-28,38H2,1-6H3/i38D2,48D,49D. The molecule has 2 saturated carbocycles. The van der Waals surface area contributed by atoms with Crippen molar-refractivity contribution < 1.29 is 10.6 Å². The first-order valence-electron chi connectivity index (χ1n) is 28.1. The summed E-state index contributed by atoms with van der Waals surface area (Å²) < 4.78 is 40.0. The van der Waals surface area contributed by atoms with E-state index in [2.05, 4.69) is 161 Å². The largest absolute Gasteiger partial charge is 0.507 e. The number of para-hydroxylation sites is 1. The van der Waals surface area contributed by atoms with E-state index in [0.29, 0.717) is 42.6 Å². The highest BCUT2D eigenvalue weighted by molar-refractivity contribution is 5.98. The fraction of sp³-hybridized carbons (Fsp3) is 0.294. The van der Waals surface area contributed by atoms with Crippen LogP contribution in [0.1, 0.15) is 138 Å². The van der Waals surface area contributed by atoms with E-state index in [9.17, 15) is 10.6 Å². The van der Waals surface area contributed by atoms with E-state index in [-0.39, 0.29) is 22.5 Å². The molecule has 0 bridgehead atoms. The van der Waals surface area contributed by atoms with Gasteiger partial charge in [0.15, 0.2) is 0 Å². The number of phenols is 1. The van der Waals surface area contributed by atoms with E-state index in [1.54, 1.807) is 6.07 Å². The summed E-state index contributed by atoms with van der Waals surface area (Å²) in [6.45, 7) is 13.2. The van der Waals surface area contributed by atoms with Gasteiger partial charge in [-0.15, -0.1) is 0 Å². The second kappa shape index (κ2) is 19.5. The number of nitrogens with zero attached hydrogens (tertiary/aromatic N) is 3. The molecule has 2 aliphatic carbocycles. The van der Waals surface area contributed by atoms with Crippen LogP contribution in [-0.4, -0.2) is 19.6 Å². The number of hydrogen-bond donors (Lipinski definition) is 1. The van der Waals surface area contributed by atoms with Crippen LogP contribution in [0, 0.1) is 5.92 Å². The summed E-state index contributed by atoms with van der Waals surface area (Å²) in [5, 5.41) is 11.9. The van der Waals surface area contributed by atoms with Gasteiger partial charge in [0.25, 0.3) is 0 Å². The van der Waals surface area contributed by atoms with E-state index >= 15 is 0 Å². The van der Waals surface area contributed by atoms with Crippen molar-refractivity contribution in [3.8, 4) is 67.5 Å². The highest BCUT2D eigenvalue weighted by Crippen LogP contribution is 2.45. The summed E-state index contributed by atoms with van der Waals surface area (Å²) in [7, 11) is 0. The molecule has 0 atom stereocenters. The SMILES string of the molecule is [2H]C1(c2ccccc2)CCC([2H])(c2ccc(-c3ccnc(-c4cc(-c5cccc6c5nc(-c5cc(C(C)(C)C)ccc5O)n6-c5ccc(C([2H])([2H])C6CCCC6)cc5-c5ccccc5)cc(C(C)(C)C)c4)c3)cc2)CC1. The summed E-state index contributed by atoms with van der Waals surface area (Å²) in [4.78, 5) is 10.6. The molecule has 0 unspecified atom stereocenters. The molecule has 7 aromatic carbocycles. The molecule has 2 fully saturated rings. The summed E-state index contributed by atoms with van der Waals surface area (Å²) >= 11 is 0. The van der Waals surface area contributed by atoms with Crippen molar-refractivity contribution in [1.82, 2.24) is 14.5 Å². The van der Waals surface area contributed by atoms with Gasteiger partial charge in [0.1, 0.15) is 11.6 Å². The summed E-state index contributed by atoms with van der Waals surface area (Å²) in [5.41, 5.74) is 15.3. The zero-order valence-electron chi connectivity index (χ0n) is 46.8. The predicted molar refractivity (Wildman–Crippen MR) is 301 cm³/mol. The van der Waals surface area contributed by atoms with Gasteiger partial charge in [0, 0.05) is 28.4 Å². The molecule has 4 heteroatoms.